The van der Waals surface area contributed by atoms with Gasteiger partial charge in [-0.15, -0.1) is 0 Å². The second-order valence-corrected chi connectivity index (χ2v) is 7.67. The predicted octanol–water partition coefficient (Wildman–Crippen LogP) is 3.41. The van der Waals surface area contributed by atoms with Gasteiger partial charge in [-0.1, -0.05) is 11.3 Å². The molecule has 0 unspecified atom stereocenters. The number of methoxy groups -OCH3 is 1. The first kappa shape index (κ1) is 21.4. The summed E-state index contributed by atoms with van der Waals surface area (Å²) in [7, 11) is 1.30. The highest BCUT2D eigenvalue weighted by Crippen LogP contribution is 2.22. The minimum atomic E-state index is -0.478. The number of amides is 1. The Bertz CT molecular complexity index is 1190. The monoisotopic (exact) mass is 426 g/mol. The van der Waals surface area contributed by atoms with E-state index in [4.69, 9.17) is 4.74 Å². The highest BCUT2D eigenvalue weighted by molar-refractivity contribution is 7.16. The van der Waals surface area contributed by atoms with Crippen molar-refractivity contribution in [3.63, 3.8) is 0 Å². The number of benzene rings is 2. The zero-order valence-electron chi connectivity index (χ0n) is 17.2. The summed E-state index contributed by atoms with van der Waals surface area (Å²) in [5.74, 6) is -1.34. The third kappa shape index (κ3) is 4.49. The van der Waals surface area contributed by atoms with Crippen LogP contribution in [0.2, 0.25) is 0 Å². The molecule has 8 heteroatoms. The van der Waals surface area contributed by atoms with E-state index in [1.165, 1.54) is 42.7 Å². The molecular formula is C22H22N2O5S. The average Bonchev–Trinajstić information content (AvgIpc) is 3.03. The second-order valence-electron chi connectivity index (χ2n) is 6.67. The van der Waals surface area contributed by atoms with Gasteiger partial charge in [0.05, 0.1) is 29.5 Å². The van der Waals surface area contributed by atoms with Gasteiger partial charge in [0.25, 0.3) is 5.91 Å². The van der Waals surface area contributed by atoms with E-state index in [2.05, 4.69) is 9.73 Å². The number of aromatic nitrogens is 1. The van der Waals surface area contributed by atoms with Crippen LogP contribution < -0.4 is 4.80 Å². The third-order valence-electron chi connectivity index (χ3n) is 4.64. The molecule has 0 bridgehead atoms. The molecule has 1 amide bonds. The molecule has 0 aliphatic heterocycles. The largest absolute Gasteiger partial charge is 0.465 e. The molecule has 0 saturated carbocycles. The van der Waals surface area contributed by atoms with Crippen molar-refractivity contribution in [3.05, 3.63) is 63.5 Å². The lowest BCUT2D eigenvalue weighted by molar-refractivity contribution is -0.143. The lowest BCUT2D eigenvalue weighted by Crippen LogP contribution is -2.23. The summed E-state index contributed by atoms with van der Waals surface area (Å²) in [5, 5.41) is 0. The molecule has 1 heterocycles. The molecule has 156 valence electrons. The van der Waals surface area contributed by atoms with Crippen molar-refractivity contribution in [1.29, 1.82) is 0 Å². The normalized spacial score (nSPS) is 11.5. The van der Waals surface area contributed by atoms with Crippen LogP contribution in [0, 0.1) is 13.8 Å². The van der Waals surface area contributed by atoms with E-state index in [1.807, 2.05) is 26.0 Å². The lowest BCUT2D eigenvalue weighted by atomic mass is 10.1. The van der Waals surface area contributed by atoms with Gasteiger partial charge in [0.1, 0.15) is 6.54 Å². The summed E-state index contributed by atoms with van der Waals surface area (Å²) in [6, 6.07) is 10.1. The van der Waals surface area contributed by atoms with E-state index < -0.39 is 17.8 Å². The zero-order valence-corrected chi connectivity index (χ0v) is 18.0. The SMILES string of the molecule is CCOC(=O)Cn1c(=NC(=O)c2ccc(C(=O)OC)cc2)sc2cc(C)c(C)cc21. The Labute approximate surface area is 177 Å². The van der Waals surface area contributed by atoms with Gasteiger partial charge < -0.3 is 14.0 Å². The number of thiazole rings is 1. The molecule has 0 aliphatic carbocycles. The number of fused-ring (bicyclic) bond motifs is 1. The maximum absolute atomic E-state index is 12.7. The number of carbonyl (C=O) groups is 3. The third-order valence-corrected chi connectivity index (χ3v) is 5.68. The van der Waals surface area contributed by atoms with Gasteiger partial charge in [-0.3, -0.25) is 9.59 Å². The Morgan fingerprint density at radius 3 is 2.30 bits per heavy atom. The molecule has 30 heavy (non-hydrogen) atoms. The highest BCUT2D eigenvalue weighted by atomic mass is 32.1. The van der Waals surface area contributed by atoms with E-state index in [0.717, 1.165) is 21.3 Å². The number of rotatable bonds is 5. The standard InChI is InChI=1S/C22H22N2O5S/c1-5-29-19(25)12-24-17-10-13(2)14(3)11-18(17)30-22(24)23-20(26)15-6-8-16(9-7-15)21(27)28-4/h6-11H,5,12H2,1-4H3. The fourth-order valence-electron chi connectivity index (χ4n) is 2.91. The Morgan fingerprint density at radius 1 is 1.03 bits per heavy atom. The molecule has 0 atom stereocenters. The number of hydrogen-bond donors (Lipinski definition) is 0. The van der Waals surface area contributed by atoms with Crippen LogP contribution in [0.4, 0.5) is 0 Å². The van der Waals surface area contributed by atoms with Crippen molar-refractivity contribution in [3.8, 4) is 0 Å². The number of hydrogen-bond acceptors (Lipinski definition) is 6. The molecule has 0 aliphatic rings. The molecule has 2 aromatic carbocycles. The Balaban J connectivity index is 2.06. The van der Waals surface area contributed by atoms with Gasteiger partial charge in [-0.05, 0) is 68.3 Å². The molecule has 0 fully saturated rings. The van der Waals surface area contributed by atoms with Crippen LogP contribution in [-0.2, 0) is 20.8 Å². The maximum atomic E-state index is 12.7. The number of carbonyl (C=O) groups excluding carboxylic acids is 3. The van der Waals surface area contributed by atoms with E-state index in [1.54, 1.807) is 11.5 Å². The molecule has 1 aromatic heterocycles. The summed E-state index contributed by atoms with van der Waals surface area (Å²) in [6.45, 7) is 5.98. The lowest BCUT2D eigenvalue weighted by Gasteiger charge is -2.06. The molecule has 7 nitrogen and oxygen atoms in total. The minimum Gasteiger partial charge on any atom is -0.465 e. The van der Waals surface area contributed by atoms with Gasteiger partial charge in [-0.2, -0.15) is 4.99 Å². The van der Waals surface area contributed by atoms with Crippen molar-refractivity contribution in [2.45, 2.75) is 27.3 Å². The fraction of sp³-hybridized carbons (Fsp3) is 0.273. The van der Waals surface area contributed by atoms with Crippen LogP contribution >= 0.6 is 11.3 Å². The van der Waals surface area contributed by atoms with Crippen LogP contribution in [0.25, 0.3) is 10.2 Å². The molecule has 3 aromatic rings. The van der Waals surface area contributed by atoms with E-state index >= 15 is 0 Å². The number of ether oxygens (including phenoxy) is 2. The van der Waals surface area contributed by atoms with Crippen LogP contribution in [0.15, 0.2) is 41.4 Å². The van der Waals surface area contributed by atoms with Gasteiger partial charge in [-0.25, -0.2) is 4.79 Å². The quantitative estimate of drug-likeness (QED) is 0.584. The second kappa shape index (κ2) is 9.04. The average molecular weight is 426 g/mol. The Morgan fingerprint density at radius 2 is 1.67 bits per heavy atom. The fourth-order valence-corrected chi connectivity index (χ4v) is 4.02. The van der Waals surface area contributed by atoms with E-state index in [9.17, 15) is 14.4 Å². The van der Waals surface area contributed by atoms with Crippen LogP contribution in [0.5, 0.6) is 0 Å². The van der Waals surface area contributed by atoms with Gasteiger partial charge in [0.2, 0.25) is 0 Å². The van der Waals surface area contributed by atoms with Crippen molar-refractivity contribution in [2.24, 2.45) is 4.99 Å². The van der Waals surface area contributed by atoms with Crippen LogP contribution in [-0.4, -0.2) is 36.1 Å². The molecule has 3 rings (SSSR count). The van der Waals surface area contributed by atoms with Gasteiger partial charge in [0.15, 0.2) is 4.80 Å². The van der Waals surface area contributed by atoms with E-state index in [0.29, 0.717) is 15.9 Å². The topological polar surface area (TPSA) is 87.0 Å². The van der Waals surface area contributed by atoms with Crippen LogP contribution in [0.3, 0.4) is 0 Å². The van der Waals surface area contributed by atoms with Crippen LogP contribution in [0.1, 0.15) is 38.8 Å². The van der Waals surface area contributed by atoms with Gasteiger partial charge >= 0.3 is 11.9 Å². The zero-order chi connectivity index (χ0) is 21.8. The predicted molar refractivity (Wildman–Crippen MR) is 114 cm³/mol. The van der Waals surface area contributed by atoms with E-state index in [-0.39, 0.29) is 13.2 Å². The molecule has 0 N–H and O–H groups in total. The first-order valence-electron chi connectivity index (χ1n) is 9.37. The van der Waals surface area contributed by atoms with Crippen molar-refractivity contribution in [1.82, 2.24) is 4.57 Å². The summed E-state index contributed by atoms with van der Waals surface area (Å²) in [4.78, 5) is 41.1. The molecule has 0 spiro atoms. The van der Waals surface area contributed by atoms with Crippen molar-refractivity contribution in [2.75, 3.05) is 13.7 Å². The maximum Gasteiger partial charge on any atom is 0.337 e. The summed E-state index contributed by atoms with van der Waals surface area (Å²) in [6.07, 6.45) is 0. The number of aryl methyl sites for hydroxylation is 2. The Hall–Kier alpha value is -3.26. The number of nitrogens with zero attached hydrogens (tertiary/aromatic N) is 2. The minimum absolute atomic E-state index is 0.0380. The molecule has 0 saturated heterocycles. The smallest absolute Gasteiger partial charge is 0.337 e. The number of esters is 2. The first-order chi connectivity index (χ1) is 14.3. The Kier molecular flexibility index (Phi) is 6.47. The summed E-state index contributed by atoms with van der Waals surface area (Å²) < 4.78 is 12.4. The molecule has 0 radical (unpaired) electrons. The van der Waals surface area contributed by atoms with Crippen molar-refractivity contribution < 1.29 is 23.9 Å². The molecular weight excluding hydrogens is 404 g/mol. The summed E-state index contributed by atoms with van der Waals surface area (Å²) in [5.41, 5.74) is 3.69. The summed E-state index contributed by atoms with van der Waals surface area (Å²) >= 11 is 1.34. The highest BCUT2D eigenvalue weighted by Gasteiger charge is 2.14. The first-order valence-corrected chi connectivity index (χ1v) is 10.2. The van der Waals surface area contributed by atoms with Crippen molar-refractivity contribution >= 4 is 39.4 Å². The van der Waals surface area contributed by atoms with Gasteiger partial charge in [0, 0.05) is 5.56 Å².